The topological polar surface area (TPSA) is 43.4 Å². The molecule has 2 aromatic carbocycles. The molecule has 3 aromatic rings. The number of hydrogen-bond donors (Lipinski definition) is 0. The third-order valence-electron chi connectivity index (χ3n) is 3.07. The zero-order chi connectivity index (χ0) is 16.3. The average molecular weight is 458 g/mol. The van der Waals surface area contributed by atoms with E-state index in [1.807, 2.05) is 54.1 Å². The van der Waals surface area contributed by atoms with Crippen molar-refractivity contribution in [3.8, 4) is 0 Å². The molecule has 0 saturated carbocycles. The van der Waals surface area contributed by atoms with E-state index in [1.165, 1.54) is 0 Å². The Kier molecular flexibility index (Phi) is 5.15. The van der Waals surface area contributed by atoms with E-state index in [-0.39, 0.29) is 4.90 Å². The van der Waals surface area contributed by atoms with Gasteiger partial charge in [0, 0.05) is 0 Å². The van der Waals surface area contributed by atoms with Crippen molar-refractivity contribution in [1.29, 1.82) is 0 Å². The molecule has 0 bridgehead atoms. The van der Waals surface area contributed by atoms with E-state index in [0.717, 1.165) is 12.7 Å². The summed E-state index contributed by atoms with van der Waals surface area (Å²) in [6.07, 6.45) is 0. The molecule has 0 radical (unpaired) electrons. The van der Waals surface area contributed by atoms with Gasteiger partial charge in [-0.05, 0) is 0 Å². The molecule has 0 aliphatic carbocycles. The summed E-state index contributed by atoms with van der Waals surface area (Å²) in [4.78, 5) is 0.205. The summed E-state index contributed by atoms with van der Waals surface area (Å²) < 4.78 is 33.0. The van der Waals surface area contributed by atoms with Crippen LogP contribution in [0.3, 0.4) is 0 Å². The second-order valence-electron chi connectivity index (χ2n) is 4.82. The third kappa shape index (κ3) is 4.00. The van der Waals surface area contributed by atoms with Gasteiger partial charge in [-0.3, -0.25) is 0 Å². The summed E-state index contributed by atoms with van der Waals surface area (Å²) in [5.74, 6) is 0. The van der Waals surface area contributed by atoms with Gasteiger partial charge in [0.1, 0.15) is 0 Å². The van der Waals surface area contributed by atoms with Crippen LogP contribution in [0.15, 0.2) is 76.3 Å². The number of aryl methyl sites for hydroxylation is 1. The maximum atomic E-state index is 12.6. The van der Waals surface area contributed by atoms with Crippen molar-refractivity contribution in [2.24, 2.45) is 0 Å². The number of rotatable bonds is 5. The second kappa shape index (κ2) is 7.12. The zero-order valence-electron chi connectivity index (χ0n) is 12.3. The van der Waals surface area contributed by atoms with E-state index in [2.05, 4.69) is 0 Å². The van der Waals surface area contributed by atoms with Crippen LogP contribution in [0.4, 0.5) is 0 Å². The van der Waals surface area contributed by atoms with E-state index < -0.39 is 30.4 Å². The predicted octanol–water partition coefficient (Wildman–Crippen LogP) is 4.92. The molecule has 6 heteroatoms. The van der Waals surface area contributed by atoms with Crippen molar-refractivity contribution >= 4 is 41.7 Å². The molecule has 0 aliphatic rings. The molecule has 0 atom stereocenters. The summed E-state index contributed by atoms with van der Waals surface area (Å²) in [5, 5.41) is 3.92. The van der Waals surface area contributed by atoms with Gasteiger partial charge in [0.2, 0.25) is 0 Å². The normalized spacial score (nSPS) is 12.1. The Hall–Kier alpha value is -1.22. The number of halogens is 1. The van der Waals surface area contributed by atoms with Crippen LogP contribution in [-0.2, 0) is 12.6 Å². The Morgan fingerprint density at radius 1 is 0.913 bits per heavy atom. The summed E-state index contributed by atoms with van der Waals surface area (Å²) in [5.41, 5.74) is 1.01. The van der Waals surface area contributed by atoms with Gasteiger partial charge in [-0.2, -0.15) is 0 Å². The molecular formula is C17H15IO3S2. The van der Waals surface area contributed by atoms with Gasteiger partial charge in [0.15, 0.2) is 0 Å². The summed E-state index contributed by atoms with van der Waals surface area (Å²) in [6, 6.07) is 18.3. The average Bonchev–Trinajstić information content (AvgIpc) is 3.08. The first-order chi connectivity index (χ1) is 11.1. The Morgan fingerprint density at radius 3 is 2.22 bits per heavy atom. The van der Waals surface area contributed by atoms with Gasteiger partial charge in [-0.25, -0.2) is 0 Å². The van der Waals surface area contributed by atoms with Gasteiger partial charge < -0.3 is 0 Å². The van der Waals surface area contributed by atoms with E-state index in [4.69, 9.17) is 2.51 Å². The molecule has 0 amide bonds. The minimum absolute atomic E-state index is 0.205. The van der Waals surface area contributed by atoms with Crippen LogP contribution in [-0.4, -0.2) is 8.42 Å². The molecule has 1 heterocycles. The number of thiophene rings is 1. The van der Waals surface area contributed by atoms with Gasteiger partial charge >= 0.3 is 149 Å². The minimum atomic E-state index is -3.78. The molecular weight excluding hydrogens is 443 g/mol. The first-order valence-electron chi connectivity index (χ1n) is 6.85. The standard InChI is InChI=1S/C17H15IO3S2/c1-14-7-9-17(10-8-14)23(19,20)21-18(16-11-12-22-13-16)15-5-3-2-4-6-15/h2-13H,1H3. The van der Waals surface area contributed by atoms with Crippen LogP contribution in [0.25, 0.3) is 0 Å². The Morgan fingerprint density at radius 2 is 1.61 bits per heavy atom. The van der Waals surface area contributed by atoms with Gasteiger partial charge in [-0.15, -0.1) is 0 Å². The summed E-state index contributed by atoms with van der Waals surface area (Å²) in [7, 11) is -3.78. The predicted molar refractivity (Wildman–Crippen MR) is 102 cm³/mol. The molecule has 0 saturated heterocycles. The molecule has 120 valence electrons. The molecule has 0 aliphatic heterocycles. The van der Waals surface area contributed by atoms with Crippen molar-refractivity contribution in [3.05, 3.63) is 84.1 Å². The van der Waals surface area contributed by atoms with Crippen molar-refractivity contribution in [2.75, 3.05) is 0 Å². The zero-order valence-corrected chi connectivity index (χ0v) is 16.1. The van der Waals surface area contributed by atoms with Crippen LogP contribution in [0, 0.1) is 14.1 Å². The molecule has 0 fully saturated rings. The fraction of sp³-hybridized carbons (Fsp3) is 0.0588. The van der Waals surface area contributed by atoms with Gasteiger partial charge in [0.25, 0.3) is 0 Å². The summed E-state index contributed by atoms with van der Waals surface area (Å²) in [6.45, 7) is 1.92. The summed E-state index contributed by atoms with van der Waals surface area (Å²) >= 11 is -0.946. The van der Waals surface area contributed by atoms with E-state index in [9.17, 15) is 8.42 Å². The molecule has 1 aromatic heterocycles. The Bertz CT molecular complexity index is 858. The van der Waals surface area contributed by atoms with Crippen LogP contribution < -0.4 is 0 Å². The molecule has 0 N–H and O–H groups in total. The van der Waals surface area contributed by atoms with Crippen molar-refractivity contribution in [2.45, 2.75) is 11.8 Å². The quantitative estimate of drug-likeness (QED) is 0.510. The monoisotopic (exact) mass is 458 g/mol. The Labute approximate surface area is 148 Å². The van der Waals surface area contributed by atoms with Crippen molar-refractivity contribution in [3.63, 3.8) is 0 Å². The maximum absolute atomic E-state index is 12.6. The fourth-order valence-electron chi connectivity index (χ4n) is 1.90. The fourth-order valence-corrected chi connectivity index (χ4v) is 10.3. The molecule has 3 rings (SSSR count). The molecule has 23 heavy (non-hydrogen) atoms. The molecule has 0 spiro atoms. The van der Waals surface area contributed by atoms with Gasteiger partial charge in [-0.1, -0.05) is 0 Å². The Balaban J connectivity index is 1.97. The first kappa shape index (κ1) is 16.6. The van der Waals surface area contributed by atoms with Crippen LogP contribution in [0.1, 0.15) is 5.56 Å². The second-order valence-corrected chi connectivity index (χ2v) is 12.1. The molecule has 0 unspecified atom stereocenters. The van der Waals surface area contributed by atoms with Gasteiger partial charge in [0.05, 0.1) is 0 Å². The van der Waals surface area contributed by atoms with E-state index >= 15 is 0 Å². The van der Waals surface area contributed by atoms with Crippen LogP contribution >= 0.6 is 31.6 Å². The van der Waals surface area contributed by atoms with Crippen molar-refractivity contribution < 1.29 is 10.9 Å². The van der Waals surface area contributed by atoms with Crippen LogP contribution in [0.5, 0.6) is 0 Å². The van der Waals surface area contributed by atoms with E-state index in [1.54, 1.807) is 35.6 Å². The number of hydrogen-bond acceptors (Lipinski definition) is 4. The molecule has 3 nitrogen and oxygen atoms in total. The van der Waals surface area contributed by atoms with E-state index in [0.29, 0.717) is 0 Å². The number of benzene rings is 2. The first-order valence-corrected chi connectivity index (χ1v) is 12.2. The SMILES string of the molecule is Cc1ccc(S(=O)(=O)OI(c2ccccc2)c2ccsc2)cc1. The van der Waals surface area contributed by atoms with Crippen molar-refractivity contribution in [1.82, 2.24) is 0 Å². The third-order valence-corrected chi connectivity index (χ3v) is 11.5. The van der Waals surface area contributed by atoms with Crippen LogP contribution in [0.2, 0.25) is 0 Å².